The number of aliphatic imine (C=N–C) groups is 1. The van der Waals surface area contributed by atoms with Crippen LogP contribution in [-0.2, 0) is 16.1 Å². The van der Waals surface area contributed by atoms with E-state index in [1.807, 2.05) is 18.2 Å². The first-order valence-electron chi connectivity index (χ1n) is 7.89. The molecule has 128 valence electrons. The molecule has 8 nitrogen and oxygen atoms in total. The van der Waals surface area contributed by atoms with Crippen LogP contribution in [0.1, 0.15) is 24.8 Å². The van der Waals surface area contributed by atoms with Gasteiger partial charge >= 0.3 is 0 Å². The first-order chi connectivity index (χ1) is 11.6. The summed E-state index contributed by atoms with van der Waals surface area (Å²) >= 11 is 0. The van der Waals surface area contributed by atoms with Crippen molar-refractivity contribution in [3.63, 3.8) is 0 Å². The second kappa shape index (κ2) is 6.88. The van der Waals surface area contributed by atoms with Crippen molar-refractivity contribution in [2.45, 2.75) is 31.8 Å². The monoisotopic (exact) mass is 332 g/mol. The second-order valence-electron chi connectivity index (χ2n) is 5.81. The van der Waals surface area contributed by atoms with Crippen molar-refractivity contribution >= 4 is 23.5 Å². The fourth-order valence-corrected chi connectivity index (χ4v) is 2.81. The fraction of sp³-hybridized carbons (Fsp3) is 0.438. The highest BCUT2D eigenvalue weighted by atomic mass is 16.5. The molecular weight excluding hydrogens is 312 g/mol. The van der Waals surface area contributed by atoms with E-state index in [9.17, 15) is 9.59 Å². The molecule has 2 heterocycles. The predicted octanol–water partition coefficient (Wildman–Crippen LogP) is 0.0148. The SMILES string of the molecule is NC(=O)CC1C(=O)NC2=Nc3ccc(OCCCCO)cc3CN21. The first kappa shape index (κ1) is 16.3. The molecule has 2 aliphatic rings. The Hall–Kier alpha value is -2.61. The summed E-state index contributed by atoms with van der Waals surface area (Å²) in [5.41, 5.74) is 6.92. The number of hydrogen-bond acceptors (Lipinski definition) is 6. The van der Waals surface area contributed by atoms with Gasteiger partial charge in [0.1, 0.15) is 11.8 Å². The van der Waals surface area contributed by atoms with Crippen LogP contribution in [0.3, 0.4) is 0 Å². The van der Waals surface area contributed by atoms with Gasteiger partial charge in [-0.15, -0.1) is 0 Å². The predicted molar refractivity (Wildman–Crippen MR) is 86.6 cm³/mol. The maximum Gasteiger partial charge on any atom is 0.250 e. The highest BCUT2D eigenvalue weighted by Crippen LogP contribution is 2.32. The topological polar surface area (TPSA) is 117 Å². The number of aliphatic hydroxyl groups excluding tert-OH is 1. The third-order valence-corrected chi connectivity index (χ3v) is 4.02. The highest BCUT2D eigenvalue weighted by molar-refractivity contribution is 6.09. The van der Waals surface area contributed by atoms with Crippen molar-refractivity contribution in [2.75, 3.05) is 13.2 Å². The lowest BCUT2D eigenvalue weighted by atomic mass is 10.1. The van der Waals surface area contributed by atoms with Crippen LogP contribution in [0.15, 0.2) is 23.2 Å². The Labute approximate surface area is 139 Å². The summed E-state index contributed by atoms with van der Waals surface area (Å²) in [6.45, 7) is 1.14. The Morgan fingerprint density at radius 1 is 1.46 bits per heavy atom. The Morgan fingerprint density at radius 3 is 3.04 bits per heavy atom. The van der Waals surface area contributed by atoms with E-state index in [1.54, 1.807) is 4.90 Å². The van der Waals surface area contributed by atoms with Gasteiger partial charge in [0.15, 0.2) is 0 Å². The average molecular weight is 332 g/mol. The lowest BCUT2D eigenvalue weighted by molar-refractivity contribution is -0.126. The minimum absolute atomic E-state index is 0.0441. The number of hydrogen-bond donors (Lipinski definition) is 3. The number of benzene rings is 1. The molecule has 0 aliphatic carbocycles. The molecule has 0 aromatic heterocycles. The summed E-state index contributed by atoms with van der Waals surface area (Å²) in [6, 6.07) is 4.94. The normalized spacial score (nSPS) is 18.5. The zero-order valence-corrected chi connectivity index (χ0v) is 13.2. The molecule has 8 heteroatoms. The van der Waals surface area contributed by atoms with Gasteiger partial charge in [0.2, 0.25) is 17.8 Å². The number of guanidine groups is 1. The van der Waals surface area contributed by atoms with Gasteiger partial charge in [0.05, 0.1) is 18.7 Å². The summed E-state index contributed by atoms with van der Waals surface area (Å²) in [7, 11) is 0. The molecule has 24 heavy (non-hydrogen) atoms. The summed E-state index contributed by atoms with van der Waals surface area (Å²) < 4.78 is 5.66. The molecular formula is C16H20N4O4. The maximum absolute atomic E-state index is 12.0. The maximum atomic E-state index is 12.0. The van der Waals surface area contributed by atoms with Crippen LogP contribution >= 0.6 is 0 Å². The molecule has 0 radical (unpaired) electrons. The number of primary amides is 1. The number of amides is 2. The Bertz CT molecular complexity index is 689. The number of rotatable bonds is 7. The summed E-state index contributed by atoms with van der Waals surface area (Å²) in [5, 5.41) is 11.5. The largest absolute Gasteiger partial charge is 0.494 e. The van der Waals surface area contributed by atoms with E-state index in [0.717, 1.165) is 23.4 Å². The van der Waals surface area contributed by atoms with Crippen LogP contribution in [0.5, 0.6) is 5.75 Å². The van der Waals surface area contributed by atoms with Crippen LogP contribution in [0.2, 0.25) is 0 Å². The standard InChI is InChI=1S/C16H20N4O4/c17-14(22)8-13-15(23)19-16-18-12-4-3-11(24-6-2-1-5-21)7-10(12)9-20(13)16/h3-4,7,13,21H,1-2,5-6,8-9H2,(H2,17,22)(H,18,19,23). The van der Waals surface area contributed by atoms with E-state index in [-0.39, 0.29) is 18.9 Å². The van der Waals surface area contributed by atoms with E-state index < -0.39 is 11.9 Å². The Morgan fingerprint density at radius 2 is 2.29 bits per heavy atom. The van der Waals surface area contributed by atoms with Gasteiger partial charge in [-0.3, -0.25) is 14.9 Å². The van der Waals surface area contributed by atoms with Crippen LogP contribution in [0.25, 0.3) is 0 Å². The van der Waals surface area contributed by atoms with Crippen molar-refractivity contribution in [1.29, 1.82) is 0 Å². The number of nitrogens with two attached hydrogens (primary N) is 1. The lowest BCUT2D eigenvalue weighted by Crippen LogP contribution is -2.39. The minimum atomic E-state index is -0.622. The molecule has 1 fully saturated rings. The van der Waals surface area contributed by atoms with Crippen molar-refractivity contribution < 1.29 is 19.4 Å². The number of nitrogens with one attached hydrogen (secondary N) is 1. The third-order valence-electron chi connectivity index (χ3n) is 4.02. The van der Waals surface area contributed by atoms with Gasteiger partial charge in [-0.25, -0.2) is 4.99 Å². The number of carbonyl (C=O) groups is 2. The number of nitrogens with zero attached hydrogens (tertiary/aromatic N) is 2. The van der Waals surface area contributed by atoms with E-state index in [1.165, 1.54) is 0 Å². The van der Waals surface area contributed by atoms with Crippen LogP contribution in [-0.4, -0.2) is 47.0 Å². The first-order valence-corrected chi connectivity index (χ1v) is 7.89. The van der Waals surface area contributed by atoms with Gasteiger partial charge in [-0.1, -0.05) is 0 Å². The molecule has 0 bridgehead atoms. The molecule has 2 aliphatic heterocycles. The van der Waals surface area contributed by atoms with Crippen molar-refractivity contribution in [2.24, 2.45) is 10.7 Å². The second-order valence-corrected chi connectivity index (χ2v) is 5.81. The van der Waals surface area contributed by atoms with E-state index in [0.29, 0.717) is 25.5 Å². The van der Waals surface area contributed by atoms with Gasteiger partial charge in [-0.2, -0.15) is 0 Å². The van der Waals surface area contributed by atoms with Crippen LogP contribution in [0.4, 0.5) is 5.69 Å². The number of carbonyl (C=O) groups excluding carboxylic acids is 2. The summed E-state index contributed by atoms with van der Waals surface area (Å²) in [6.07, 6.45) is 1.44. The molecule has 0 saturated carbocycles. The van der Waals surface area contributed by atoms with Crippen molar-refractivity contribution in [3.05, 3.63) is 23.8 Å². The highest BCUT2D eigenvalue weighted by Gasteiger charge is 2.39. The summed E-state index contributed by atoms with van der Waals surface area (Å²) in [5.74, 6) is 0.384. The summed E-state index contributed by atoms with van der Waals surface area (Å²) in [4.78, 5) is 29.4. The molecule has 1 unspecified atom stereocenters. The van der Waals surface area contributed by atoms with Gasteiger partial charge < -0.3 is 20.5 Å². The number of fused-ring (bicyclic) bond motifs is 2. The van der Waals surface area contributed by atoms with Gasteiger partial charge in [-0.05, 0) is 31.0 Å². The zero-order chi connectivity index (χ0) is 17.1. The van der Waals surface area contributed by atoms with Crippen molar-refractivity contribution in [3.8, 4) is 5.75 Å². The van der Waals surface area contributed by atoms with Gasteiger partial charge in [0, 0.05) is 18.7 Å². The molecule has 2 amide bonds. The lowest BCUT2D eigenvalue weighted by Gasteiger charge is -2.27. The Kier molecular flexibility index (Phi) is 4.66. The molecule has 1 atom stereocenters. The molecule has 1 aromatic rings. The fourth-order valence-electron chi connectivity index (χ4n) is 2.81. The molecule has 0 spiro atoms. The van der Waals surface area contributed by atoms with Crippen LogP contribution < -0.4 is 15.8 Å². The quantitative estimate of drug-likeness (QED) is 0.608. The van der Waals surface area contributed by atoms with E-state index >= 15 is 0 Å². The van der Waals surface area contributed by atoms with E-state index in [2.05, 4.69) is 10.3 Å². The molecule has 1 saturated heterocycles. The number of ether oxygens (including phenoxy) is 1. The van der Waals surface area contributed by atoms with Gasteiger partial charge in [0.25, 0.3) is 0 Å². The number of unbranched alkanes of at least 4 members (excludes halogenated alkanes) is 1. The smallest absolute Gasteiger partial charge is 0.250 e. The molecule has 1 aromatic carbocycles. The molecule has 4 N–H and O–H groups in total. The minimum Gasteiger partial charge on any atom is -0.494 e. The molecule has 3 rings (SSSR count). The average Bonchev–Trinajstić information content (AvgIpc) is 2.84. The number of aliphatic hydroxyl groups is 1. The van der Waals surface area contributed by atoms with E-state index in [4.69, 9.17) is 15.6 Å². The zero-order valence-electron chi connectivity index (χ0n) is 13.2. The Balaban J connectivity index is 1.74. The van der Waals surface area contributed by atoms with Crippen molar-refractivity contribution in [1.82, 2.24) is 10.2 Å². The third kappa shape index (κ3) is 3.33. The van der Waals surface area contributed by atoms with Crippen LogP contribution in [0, 0.1) is 0 Å².